The first-order chi connectivity index (χ1) is 10.7. The van der Waals surface area contributed by atoms with Crippen molar-refractivity contribution in [2.75, 3.05) is 20.2 Å². The molecule has 2 aliphatic carbocycles. The summed E-state index contributed by atoms with van der Waals surface area (Å²) >= 11 is 0. The number of likely N-dealkylation sites (tertiary alicyclic amines) is 1. The zero-order valence-electron chi connectivity index (χ0n) is 13.5. The molecule has 2 saturated carbocycles. The molecule has 1 aromatic rings. The molecule has 3 aliphatic rings. The number of aliphatic hydroxyl groups is 1. The van der Waals surface area contributed by atoms with Crippen LogP contribution in [0.1, 0.15) is 44.1 Å². The Hall–Kier alpha value is -1.06. The summed E-state index contributed by atoms with van der Waals surface area (Å²) in [6, 6.07) is 8.73. The lowest BCUT2D eigenvalue weighted by molar-refractivity contribution is -0.0426. The summed E-state index contributed by atoms with van der Waals surface area (Å²) in [5, 5.41) is 11.1. The Labute approximate surface area is 133 Å². The van der Waals surface area contributed by atoms with Gasteiger partial charge < -0.3 is 9.84 Å². The van der Waals surface area contributed by atoms with E-state index in [1.54, 1.807) is 7.11 Å². The maximum Gasteiger partial charge on any atom is 0.124 e. The molecule has 0 amide bonds. The fraction of sp³-hybridized carbons (Fsp3) is 0.684. The van der Waals surface area contributed by atoms with Crippen molar-refractivity contribution < 1.29 is 9.84 Å². The predicted molar refractivity (Wildman–Crippen MR) is 86.9 cm³/mol. The minimum absolute atomic E-state index is 0.722. The van der Waals surface area contributed by atoms with Gasteiger partial charge in [0.25, 0.3) is 0 Å². The second-order valence-corrected chi connectivity index (χ2v) is 7.51. The number of ether oxygens (including phenoxy) is 1. The molecule has 0 radical (unpaired) electrons. The number of nitrogens with zero attached hydrogens (tertiary/aromatic N) is 1. The van der Waals surface area contributed by atoms with Crippen molar-refractivity contribution in [2.45, 2.75) is 50.2 Å². The summed E-state index contributed by atoms with van der Waals surface area (Å²) in [6.07, 6.45) is 7.39. The Morgan fingerprint density at radius 2 is 1.91 bits per heavy atom. The molecule has 22 heavy (non-hydrogen) atoms. The third-order valence-electron chi connectivity index (χ3n) is 6.40. The predicted octanol–water partition coefficient (Wildman–Crippen LogP) is 3.17. The smallest absolute Gasteiger partial charge is 0.124 e. The molecule has 120 valence electrons. The quantitative estimate of drug-likeness (QED) is 0.931. The number of fused-ring (bicyclic) bond motifs is 2. The Morgan fingerprint density at radius 1 is 1.14 bits per heavy atom. The van der Waals surface area contributed by atoms with Gasteiger partial charge in [0, 0.05) is 24.7 Å². The lowest BCUT2D eigenvalue weighted by Crippen LogP contribution is -2.48. The van der Waals surface area contributed by atoms with Crippen LogP contribution in [0.15, 0.2) is 24.3 Å². The van der Waals surface area contributed by atoms with Gasteiger partial charge in [-0.15, -0.1) is 0 Å². The zero-order chi connectivity index (χ0) is 15.2. The van der Waals surface area contributed by atoms with Crippen LogP contribution in [-0.4, -0.2) is 36.2 Å². The molecule has 1 aliphatic heterocycles. The molecular weight excluding hydrogens is 274 g/mol. The van der Waals surface area contributed by atoms with Crippen molar-refractivity contribution in [3.05, 3.63) is 29.8 Å². The van der Waals surface area contributed by atoms with Crippen LogP contribution in [0.2, 0.25) is 0 Å². The molecule has 0 aromatic heterocycles. The first kappa shape index (κ1) is 14.5. The highest BCUT2D eigenvalue weighted by molar-refractivity contribution is 5.38. The minimum atomic E-state index is -0.722. The van der Waals surface area contributed by atoms with Crippen LogP contribution in [0, 0.1) is 11.8 Å². The van der Waals surface area contributed by atoms with E-state index in [1.165, 1.54) is 25.7 Å². The van der Waals surface area contributed by atoms with E-state index in [2.05, 4.69) is 4.90 Å². The fourth-order valence-corrected chi connectivity index (χ4v) is 5.18. The molecule has 3 fully saturated rings. The molecule has 3 unspecified atom stereocenters. The van der Waals surface area contributed by atoms with Crippen LogP contribution < -0.4 is 4.74 Å². The van der Waals surface area contributed by atoms with E-state index in [-0.39, 0.29) is 0 Å². The first-order valence-corrected chi connectivity index (χ1v) is 8.79. The van der Waals surface area contributed by atoms with Crippen molar-refractivity contribution in [3.8, 4) is 5.75 Å². The van der Waals surface area contributed by atoms with E-state index < -0.39 is 5.60 Å². The standard InChI is InChI=1S/C19H27NO2/c1-22-18-5-3-2-4-16(18)19(21)8-10-20(11-9-19)17-13-14-6-7-15(17)12-14/h2-5,14-15,17,21H,6-13H2,1H3. The van der Waals surface area contributed by atoms with Crippen molar-refractivity contribution in [2.24, 2.45) is 11.8 Å². The van der Waals surface area contributed by atoms with Gasteiger partial charge in [-0.05, 0) is 50.0 Å². The first-order valence-electron chi connectivity index (χ1n) is 8.79. The Bertz CT molecular complexity index is 536. The molecule has 1 aromatic carbocycles. The Kier molecular flexibility index (Phi) is 3.66. The third-order valence-corrected chi connectivity index (χ3v) is 6.40. The summed E-state index contributed by atoms with van der Waals surface area (Å²) in [5.74, 6) is 2.74. The zero-order valence-corrected chi connectivity index (χ0v) is 13.5. The van der Waals surface area contributed by atoms with Gasteiger partial charge in [-0.2, -0.15) is 0 Å². The second kappa shape index (κ2) is 5.54. The summed E-state index contributed by atoms with van der Waals surface area (Å²) in [6.45, 7) is 2.03. The SMILES string of the molecule is COc1ccccc1C1(O)CCN(C2CC3CCC2C3)CC1. The lowest BCUT2D eigenvalue weighted by atomic mass is 9.82. The van der Waals surface area contributed by atoms with Crippen molar-refractivity contribution in [1.29, 1.82) is 0 Å². The summed E-state index contributed by atoms with van der Waals surface area (Å²) in [5.41, 5.74) is 0.242. The second-order valence-electron chi connectivity index (χ2n) is 7.51. The number of methoxy groups -OCH3 is 1. The van der Waals surface area contributed by atoms with E-state index >= 15 is 0 Å². The average Bonchev–Trinajstić information content (AvgIpc) is 3.18. The fourth-order valence-electron chi connectivity index (χ4n) is 5.18. The van der Waals surface area contributed by atoms with E-state index in [9.17, 15) is 5.11 Å². The average molecular weight is 301 g/mol. The van der Waals surface area contributed by atoms with Crippen molar-refractivity contribution >= 4 is 0 Å². The van der Waals surface area contributed by atoms with Crippen molar-refractivity contribution in [1.82, 2.24) is 4.90 Å². The van der Waals surface area contributed by atoms with Crippen LogP contribution in [0.4, 0.5) is 0 Å². The highest BCUT2D eigenvalue weighted by Gasteiger charge is 2.45. The van der Waals surface area contributed by atoms with Gasteiger partial charge in [0.15, 0.2) is 0 Å². The number of hydrogen-bond donors (Lipinski definition) is 1. The Balaban J connectivity index is 1.46. The number of benzene rings is 1. The van der Waals surface area contributed by atoms with Gasteiger partial charge in [0.2, 0.25) is 0 Å². The lowest BCUT2D eigenvalue weighted by Gasteiger charge is -2.43. The topological polar surface area (TPSA) is 32.7 Å². The molecule has 4 rings (SSSR count). The molecule has 3 heteroatoms. The van der Waals surface area contributed by atoms with E-state index in [1.807, 2.05) is 24.3 Å². The minimum Gasteiger partial charge on any atom is -0.496 e. The maximum atomic E-state index is 11.1. The molecule has 0 spiro atoms. The third kappa shape index (κ3) is 2.35. The number of para-hydroxylation sites is 1. The highest BCUT2D eigenvalue weighted by Crippen LogP contribution is 2.48. The van der Waals surface area contributed by atoms with Gasteiger partial charge in [0.1, 0.15) is 5.75 Å². The Morgan fingerprint density at radius 3 is 2.55 bits per heavy atom. The van der Waals surface area contributed by atoms with Crippen LogP contribution in [-0.2, 0) is 5.60 Å². The molecule has 3 atom stereocenters. The van der Waals surface area contributed by atoms with Crippen LogP contribution in [0.3, 0.4) is 0 Å². The van der Waals surface area contributed by atoms with Crippen molar-refractivity contribution in [3.63, 3.8) is 0 Å². The monoisotopic (exact) mass is 301 g/mol. The molecule has 3 nitrogen and oxygen atoms in total. The number of hydrogen-bond acceptors (Lipinski definition) is 3. The van der Waals surface area contributed by atoms with Crippen LogP contribution >= 0.6 is 0 Å². The van der Waals surface area contributed by atoms with Crippen LogP contribution in [0.5, 0.6) is 5.75 Å². The number of piperidine rings is 1. The van der Waals surface area contributed by atoms with E-state index in [0.29, 0.717) is 0 Å². The molecule has 2 bridgehead atoms. The van der Waals surface area contributed by atoms with E-state index in [0.717, 1.165) is 55.1 Å². The maximum absolute atomic E-state index is 11.1. The summed E-state index contributed by atoms with van der Waals surface area (Å²) < 4.78 is 5.46. The van der Waals surface area contributed by atoms with Gasteiger partial charge in [-0.3, -0.25) is 4.90 Å². The largest absolute Gasteiger partial charge is 0.496 e. The van der Waals surface area contributed by atoms with E-state index in [4.69, 9.17) is 4.74 Å². The normalized spacial score (nSPS) is 34.0. The molecular formula is C19H27NO2. The van der Waals surface area contributed by atoms with Gasteiger partial charge in [-0.1, -0.05) is 24.6 Å². The highest BCUT2D eigenvalue weighted by atomic mass is 16.5. The van der Waals surface area contributed by atoms with Crippen LogP contribution in [0.25, 0.3) is 0 Å². The van der Waals surface area contributed by atoms with Gasteiger partial charge >= 0.3 is 0 Å². The summed E-state index contributed by atoms with van der Waals surface area (Å²) in [4.78, 5) is 2.66. The molecule has 1 N–H and O–H groups in total. The summed E-state index contributed by atoms with van der Waals surface area (Å²) in [7, 11) is 1.69. The van der Waals surface area contributed by atoms with Gasteiger partial charge in [-0.25, -0.2) is 0 Å². The molecule has 1 heterocycles. The number of rotatable bonds is 3. The molecule has 1 saturated heterocycles. The van der Waals surface area contributed by atoms with Gasteiger partial charge in [0.05, 0.1) is 12.7 Å².